The summed E-state index contributed by atoms with van der Waals surface area (Å²) in [5, 5.41) is 1.80. The van der Waals surface area contributed by atoms with Crippen LogP contribution in [0.5, 0.6) is 11.5 Å². The van der Waals surface area contributed by atoms with Gasteiger partial charge in [0.1, 0.15) is 23.9 Å². The molecule has 0 bridgehead atoms. The molecule has 0 aliphatic carbocycles. The number of hydrogen-bond donors (Lipinski definition) is 1. The second-order valence-electron chi connectivity index (χ2n) is 6.78. The summed E-state index contributed by atoms with van der Waals surface area (Å²) in [6.07, 6.45) is 1.57. The molecule has 1 aliphatic rings. The summed E-state index contributed by atoms with van der Waals surface area (Å²) in [5.74, 6) is -0.609. The molecular weight excluding hydrogens is 431 g/mol. The van der Waals surface area contributed by atoms with E-state index in [0.29, 0.717) is 17.1 Å². The van der Waals surface area contributed by atoms with Gasteiger partial charge in [0.25, 0.3) is 11.1 Å². The van der Waals surface area contributed by atoms with Gasteiger partial charge in [-0.3, -0.25) is 19.3 Å². The van der Waals surface area contributed by atoms with Gasteiger partial charge in [-0.05, 0) is 59.8 Å². The number of imide groups is 1. The molecule has 8 heteroatoms. The number of thioether (sulfide) groups is 1. The minimum absolute atomic E-state index is 0.0183. The van der Waals surface area contributed by atoms with Gasteiger partial charge in [-0.1, -0.05) is 42.5 Å². The van der Waals surface area contributed by atoms with Crippen LogP contribution in [0, 0.1) is 5.82 Å². The Labute approximate surface area is 187 Å². The van der Waals surface area contributed by atoms with E-state index in [0.717, 1.165) is 16.7 Å². The van der Waals surface area contributed by atoms with Crippen LogP contribution in [0.25, 0.3) is 6.08 Å². The standard InChI is InChI=1S/C24H17FN2O4S/c25-19-11-4-5-12-20(19)26-22(28)15-27-23(29)21(32-24(27)30)14-16-7-6-10-18(13-16)31-17-8-2-1-3-9-17/h1-14H,15H2,(H,26,28). The lowest BCUT2D eigenvalue weighted by Gasteiger charge is -2.12. The number of hydrogen-bond acceptors (Lipinski definition) is 5. The van der Waals surface area contributed by atoms with Crippen molar-refractivity contribution in [2.24, 2.45) is 0 Å². The van der Waals surface area contributed by atoms with Gasteiger partial charge in [0.2, 0.25) is 5.91 Å². The van der Waals surface area contributed by atoms with Crippen LogP contribution in [0.4, 0.5) is 14.9 Å². The zero-order chi connectivity index (χ0) is 22.5. The first-order valence-electron chi connectivity index (χ1n) is 9.62. The highest BCUT2D eigenvalue weighted by molar-refractivity contribution is 8.18. The van der Waals surface area contributed by atoms with E-state index in [9.17, 15) is 18.8 Å². The SMILES string of the molecule is O=C(CN1C(=O)SC(=Cc2cccc(Oc3ccccc3)c2)C1=O)Nc1ccccc1F. The second kappa shape index (κ2) is 9.49. The van der Waals surface area contributed by atoms with Gasteiger partial charge in [-0.2, -0.15) is 0 Å². The number of halogens is 1. The van der Waals surface area contributed by atoms with Crippen molar-refractivity contribution in [2.75, 3.05) is 11.9 Å². The maximum absolute atomic E-state index is 13.7. The molecule has 0 unspecified atom stereocenters. The fourth-order valence-electron chi connectivity index (χ4n) is 2.98. The van der Waals surface area contributed by atoms with Gasteiger partial charge < -0.3 is 10.1 Å². The zero-order valence-electron chi connectivity index (χ0n) is 16.7. The summed E-state index contributed by atoms with van der Waals surface area (Å²) >= 11 is 0.742. The molecule has 0 atom stereocenters. The number of benzene rings is 3. The topological polar surface area (TPSA) is 75.7 Å². The van der Waals surface area contributed by atoms with Crippen molar-refractivity contribution in [3.63, 3.8) is 0 Å². The van der Waals surface area contributed by atoms with Gasteiger partial charge in [-0.15, -0.1) is 0 Å². The molecule has 3 aromatic carbocycles. The van der Waals surface area contributed by atoms with Crippen molar-refractivity contribution in [2.45, 2.75) is 0 Å². The van der Waals surface area contributed by atoms with E-state index in [1.807, 2.05) is 30.3 Å². The van der Waals surface area contributed by atoms with E-state index in [-0.39, 0.29) is 10.6 Å². The molecule has 3 amide bonds. The molecular formula is C24H17FN2O4S. The molecule has 0 radical (unpaired) electrons. The summed E-state index contributed by atoms with van der Waals surface area (Å²) in [6.45, 7) is -0.506. The van der Waals surface area contributed by atoms with Crippen molar-refractivity contribution in [1.82, 2.24) is 4.90 Å². The third-order valence-corrected chi connectivity index (χ3v) is 5.37. The number of nitrogens with one attached hydrogen (secondary N) is 1. The van der Waals surface area contributed by atoms with Crippen molar-refractivity contribution < 1.29 is 23.5 Å². The van der Waals surface area contributed by atoms with Crippen LogP contribution in [0.2, 0.25) is 0 Å². The van der Waals surface area contributed by atoms with Gasteiger partial charge in [0, 0.05) is 0 Å². The molecule has 160 valence electrons. The Balaban J connectivity index is 1.45. The Morgan fingerprint density at radius 2 is 1.69 bits per heavy atom. The molecule has 32 heavy (non-hydrogen) atoms. The monoisotopic (exact) mass is 448 g/mol. The van der Waals surface area contributed by atoms with E-state index in [1.165, 1.54) is 18.2 Å². The molecule has 6 nitrogen and oxygen atoms in total. The lowest BCUT2D eigenvalue weighted by Crippen LogP contribution is -2.36. The average Bonchev–Trinajstić information content (AvgIpc) is 3.03. The highest BCUT2D eigenvalue weighted by Crippen LogP contribution is 2.33. The van der Waals surface area contributed by atoms with Crippen molar-refractivity contribution >= 4 is 40.6 Å². The first kappa shape index (κ1) is 21.3. The van der Waals surface area contributed by atoms with Crippen LogP contribution in [0.1, 0.15) is 5.56 Å². The van der Waals surface area contributed by atoms with Crippen molar-refractivity contribution in [3.05, 3.63) is 95.1 Å². The van der Waals surface area contributed by atoms with E-state index >= 15 is 0 Å². The molecule has 1 aliphatic heterocycles. The maximum Gasteiger partial charge on any atom is 0.294 e. The molecule has 1 N–H and O–H groups in total. The van der Waals surface area contributed by atoms with Gasteiger partial charge in [-0.25, -0.2) is 4.39 Å². The van der Waals surface area contributed by atoms with E-state index in [2.05, 4.69) is 5.32 Å². The van der Waals surface area contributed by atoms with Crippen LogP contribution in [-0.2, 0) is 9.59 Å². The number of carbonyl (C=O) groups excluding carboxylic acids is 3. The zero-order valence-corrected chi connectivity index (χ0v) is 17.5. The molecule has 1 saturated heterocycles. The Morgan fingerprint density at radius 3 is 2.47 bits per heavy atom. The first-order valence-corrected chi connectivity index (χ1v) is 10.4. The minimum Gasteiger partial charge on any atom is -0.457 e. The van der Waals surface area contributed by atoms with Crippen LogP contribution < -0.4 is 10.1 Å². The number of para-hydroxylation sites is 2. The predicted octanol–water partition coefficient (Wildman–Crippen LogP) is 5.29. The van der Waals surface area contributed by atoms with Crippen molar-refractivity contribution in [3.8, 4) is 11.5 Å². The summed E-state index contributed by atoms with van der Waals surface area (Å²) < 4.78 is 19.5. The Kier molecular flexibility index (Phi) is 6.32. The number of rotatable bonds is 6. The van der Waals surface area contributed by atoms with E-state index in [4.69, 9.17) is 4.74 Å². The lowest BCUT2D eigenvalue weighted by atomic mass is 10.2. The van der Waals surface area contributed by atoms with Gasteiger partial charge in [0.05, 0.1) is 10.6 Å². The van der Waals surface area contributed by atoms with Gasteiger partial charge >= 0.3 is 0 Å². The summed E-state index contributed by atoms with van der Waals surface area (Å²) in [7, 11) is 0. The smallest absolute Gasteiger partial charge is 0.294 e. The van der Waals surface area contributed by atoms with E-state index < -0.39 is 29.4 Å². The summed E-state index contributed by atoms with van der Waals surface area (Å²) in [5.41, 5.74) is 0.648. The number of anilines is 1. The molecule has 0 aromatic heterocycles. The number of ether oxygens (including phenoxy) is 1. The minimum atomic E-state index is -0.670. The molecule has 1 heterocycles. The second-order valence-corrected chi connectivity index (χ2v) is 7.78. The normalized spacial score (nSPS) is 14.7. The summed E-state index contributed by atoms with van der Waals surface area (Å²) in [4.78, 5) is 38.2. The molecule has 1 fully saturated rings. The highest BCUT2D eigenvalue weighted by Gasteiger charge is 2.36. The largest absolute Gasteiger partial charge is 0.457 e. The van der Waals surface area contributed by atoms with Crippen LogP contribution >= 0.6 is 11.8 Å². The van der Waals surface area contributed by atoms with Crippen LogP contribution in [-0.4, -0.2) is 28.5 Å². The Hall–Kier alpha value is -3.91. The average molecular weight is 448 g/mol. The third kappa shape index (κ3) is 5.04. The fraction of sp³-hybridized carbons (Fsp3) is 0.0417. The molecule has 0 saturated carbocycles. The molecule has 4 rings (SSSR count). The van der Waals surface area contributed by atoms with Crippen molar-refractivity contribution in [1.29, 1.82) is 0 Å². The quantitative estimate of drug-likeness (QED) is 0.519. The fourth-order valence-corrected chi connectivity index (χ4v) is 3.81. The third-order valence-electron chi connectivity index (χ3n) is 4.46. The Morgan fingerprint density at radius 1 is 0.969 bits per heavy atom. The first-order chi connectivity index (χ1) is 15.5. The van der Waals surface area contributed by atoms with Crippen LogP contribution in [0.3, 0.4) is 0 Å². The summed E-state index contributed by atoms with van der Waals surface area (Å²) in [6, 6.07) is 22.0. The Bertz CT molecular complexity index is 1210. The number of amides is 3. The molecule has 3 aromatic rings. The van der Waals surface area contributed by atoms with E-state index in [1.54, 1.807) is 36.4 Å². The lowest BCUT2D eigenvalue weighted by molar-refractivity contribution is -0.127. The number of nitrogens with zero attached hydrogens (tertiary/aromatic N) is 1. The molecule has 0 spiro atoms. The highest BCUT2D eigenvalue weighted by atomic mass is 32.2. The van der Waals surface area contributed by atoms with Crippen LogP contribution in [0.15, 0.2) is 83.8 Å². The van der Waals surface area contributed by atoms with Gasteiger partial charge in [0.15, 0.2) is 0 Å². The number of carbonyl (C=O) groups is 3. The maximum atomic E-state index is 13.7. The predicted molar refractivity (Wildman–Crippen MR) is 121 cm³/mol.